The fourth-order valence-electron chi connectivity index (χ4n) is 1.76. The molecule has 1 unspecified atom stereocenters. The molecule has 92 valence electrons. The predicted octanol–water partition coefficient (Wildman–Crippen LogP) is 2.84. The van der Waals surface area contributed by atoms with Crippen LogP contribution in [-0.2, 0) is 13.0 Å². The highest BCUT2D eigenvalue weighted by Crippen LogP contribution is 2.05. The van der Waals surface area contributed by atoms with Gasteiger partial charge in [0.25, 0.3) is 0 Å². The number of H-pyrrole nitrogens is 1. The normalized spacial score (nSPS) is 13.3. The van der Waals surface area contributed by atoms with Crippen LogP contribution in [0.25, 0.3) is 0 Å². The molecule has 0 aliphatic rings. The Labute approximate surface area is 103 Å². The average Bonchev–Trinajstić information content (AvgIpc) is 2.65. The van der Waals surface area contributed by atoms with Gasteiger partial charge in [0.1, 0.15) is 0 Å². The highest BCUT2D eigenvalue weighted by atomic mass is 32.1. The third kappa shape index (κ3) is 3.19. The predicted molar refractivity (Wildman–Crippen MR) is 71.4 cm³/mol. The van der Waals surface area contributed by atoms with Crippen LogP contribution in [0.1, 0.15) is 32.9 Å². The molecule has 0 saturated heterocycles. The molecule has 1 atom stereocenters. The summed E-state index contributed by atoms with van der Waals surface area (Å²) in [5.74, 6) is 0. The number of aromatic nitrogens is 2. The first-order valence-corrected chi connectivity index (χ1v) is 6.48. The molecule has 1 aromatic rings. The third-order valence-electron chi connectivity index (χ3n) is 3.34. The van der Waals surface area contributed by atoms with E-state index >= 15 is 0 Å². The van der Waals surface area contributed by atoms with Gasteiger partial charge in [-0.1, -0.05) is 13.8 Å². The molecule has 0 bridgehead atoms. The molecule has 1 aromatic heterocycles. The largest absolute Gasteiger partial charge is 0.337 e. The van der Waals surface area contributed by atoms with E-state index in [-0.39, 0.29) is 0 Å². The average molecular weight is 241 g/mol. The van der Waals surface area contributed by atoms with Crippen molar-refractivity contribution in [2.24, 2.45) is 0 Å². The number of nitrogens with one attached hydrogen (secondary N) is 1. The van der Waals surface area contributed by atoms with E-state index in [0.717, 1.165) is 24.3 Å². The topological polar surface area (TPSA) is 24.0 Å². The summed E-state index contributed by atoms with van der Waals surface area (Å²) in [5.41, 5.74) is 1.29. The molecule has 1 rings (SSSR count). The van der Waals surface area contributed by atoms with Crippen molar-refractivity contribution >= 4 is 12.2 Å². The molecule has 0 fully saturated rings. The first-order chi connectivity index (χ1) is 7.60. The molecule has 4 heteroatoms. The quantitative estimate of drug-likeness (QED) is 0.774. The second-order valence-electron chi connectivity index (χ2n) is 4.33. The van der Waals surface area contributed by atoms with E-state index in [2.05, 4.69) is 42.3 Å². The van der Waals surface area contributed by atoms with E-state index in [1.54, 1.807) is 0 Å². The van der Waals surface area contributed by atoms with Gasteiger partial charge in [-0.2, -0.15) is 0 Å². The van der Waals surface area contributed by atoms with Crippen LogP contribution in [0.2, 0.25) is 0 Å². The van der Waals surface area contributed by atoms with Crippen LogP contribution < -0.4 is 0 Å². The standard InChI is InChI=1S/C12H23N3S/c1-5-10(3)14(4)7-8-15-11(6-2)9-13-12(15)16/h9-10H,5-8H2,1-4H3,(H,13,16). The van der Waals surface area contributed by atoms with Crippen LogP contribution >= 0.6 is 12.2 Å². The Balaban J connectivity index is 2.60. The Morgan fingerprint density at radius 2 is 2.19 bits per heavy atom. The summed E-state index contributed by atoms with van der Waals surface area (Å²) in [7, 11) is 2.18. The molecule has 0 aliphatic carbocycles. The highest BCUT2D eigenvalue weighted by Gasteiger charge is 2.08. The smallest absolute Gasteiger partial charge is 0.177 e. The molecule has 16 heavy (non-hydrogen) atoms. The Kier molecular flexibility index (Phi) is 5.22. The molecule has 0 aromatic carbocycles. The van der Waals surface area contributed by atoms with Crippen LogP contribution in [-0.4, -0.2) is 34.1 Å². The number of nitrogens with zero attached hydrogens (tertiary/aromatic N) is 2. The Bertz CT molecular complexity index is 367. The van der Waals surface area contributed by atoms with E-state index < -0.39 is 0 Å². The second-order valence-corrected chi connectivity index (χ2v) is 4.71. The monoisotopic (exact) mass is 241 g/mol. The maximum absolute atomic E-state index is 5.27. The Hall–Kier alpha value is -0.610. The number of hydrogen-bond donors (Lipinski definition) is 1. The van der Waals surface area contributed by atoms with E-state index in [9.17, 15) is 0 Å². The third-order valence-corrected chi connectivity index (χ3v) is 3.67. The number of aryl methyl sites for hydroxylation is 1. The molecular formula is C12H23N3S. The lowest BCUT2D eigenvalue weighted by Gasteiger charge is -2.23. The zero-order valence-corrected chi connectivity index (χ0v) is 11.6. The van der Waals surface area contributed by atoms with Crippen molar-refractivity contribution in [2.75, 3.05) is 13.6 Å². The van der Waals surface area contributed by atoms with Crippen molar-refractivity contribution in [3.63, 3.8) is 0 Å². The number of rotatable bonds is 6. The van der Waals surface area contributed by atoms with E-state index in [1.807, 2.05) is 6.20 Å². The van der Waals surface area contributed by atoms with Gasteiger partial charge in [-0.3, -0.25) is 0 Å². The SMILES string of the molecule is CCc1c[nH]c(=S)n1CCN(C)C(C)CC. The van der Waals surface area contributed by atoms with Gasteiger partial charge in [0.15, 0.2) is 4.77 Å². The summed E-state index contributed by atoms with van der Waals surface area (Å²) in [6.07, 6.45) is 4.24. The summed E-state index contributed by atoms with van der Waals surface area (Å²) in [4.78, 5) is 5.50. The van der Waals surface area contributed by atoms with Gasteiger partial charge in [0.05, 0.1) is 0 Å². The minimum atomic E-state index is 0.637. The van der Waals surface area contributed by atoms with Crippen molar-refractivity contribution in [1.82, 2.24) is 14.5 Å². The molecule has 0 radical (unpaired) electrons. The van der Waals surface area contributed by atoms with Crippen molar-refractivity contribution in [2.45, 2.75) is 46.2 Å². The number of hydrogen-bond acceptors (Lipinski definition) is 2. The molecular weight excluding hydrogens is 218 g/mol. The number of aromatic amines is 1. The zero-order chi connectivity index (χ0) is 12.1. The molecule has 0 saturated carbocycles. The maximum atomic E-state index is 5.27. The maximum Gasteiger partial charge on any atom is 0.177 e. The lowest BCUT2D eigenvalue weighted by Crippen LogP contribution is -2.31. The first kappa shape index (κ1) is 13.5. The van der Waals surface area contributed by atoms with Gasteiger partial charge in [-0.15, -0.1) is 0 Å². The van der Waals surface area contributed by atoms with E-state index in [0.29, 0.717) is 6.04 Å². The fourth-order valence-corrected chi connectivity index (χ4v) is 2.03. The summed E-state index contributed by atoms with van der Waals surface area (Å²) in [6.45, 7) is 8.67. The van der Waals surface area contributed by atoms with Crippen molar-refractivity contribution < 1.29 is 0 Å². The van der Waals surface area contributed by atoms with Crippen LogP contribution in [0.4, 0.5) is 0 Å². The zero-order valence-electron chi connectivity index (χ0n) is 10.8. The molecule has 0 spiro atoms. The molecule has 1 N–H and O–H groups in total. The van der Waals surface area contributed by atoms with Gasteiger partial charge in [-0.25, -0.2) is 0 Å². The Morgan fingerprint density at radius 3 is 2.75 bits per heavy atom. The lowest BCUT2D eigenvalue weighted by molar-refractivity contribution is 0.241. The molecule has 3 nitrogen and oxygen atoms in total. The van der Waals surface area contributed by atoms with Gasteiger partial charge in [0.2, 0.25) is 0 Å². The second kappa shape index (κ2) is 6.21. The lowest BCUT2D eigenvalue weighted by atomic mass is 10.2. The number of imidazole rings is 1. The molecule has 0 aliphatic heterocycles. The molecule has 0 amide bonds. The van der Waals surface area contributed by atoms with Gasteiger partial charge in [-0.05, 0) is 39.0 Å². The van der Waals surface area contributed by atoms with Gasteiger partial charge < -0.3 is 14.5 Å². The summed E-state index contributed by atoms with van der Waals surface area (Å²) >= 11 is 5.27. The summed E-state index contributed by atoms with van der Waals surface area (Å²) in [6, 6.07) is 0.637. The van der Waals surface area contributed by atoms with Crippen molar-refractivity contribution in [1.29, 1.82) is 0 Å². The van der Waals surface area contributed by atoms with Crippen molar-refractivity contribution in [3.8, 4) is 0 Å². The van der Waals surface area contributed by atoms with Crippen LogP contribution in [0.3, 0.4) is 0 Å². The summed E-state index contributed by atoms with van der Waals surface area (Å²) in [5, 5.41) is 0. The van der Waals surface area contributed by atoms with E-state index in [4.69, 9.17) is 12.2 Å². The minimum Gasteiger partial charge on any atom is -0.337 e. The minimum absolute atomic E-state index is 0.637. The van der Waals surface area contributed by atoms with E-state index in [1.165, 1.54) is 12.1 Å². The Morgan fingerprint density at radius 1 is 1.50 bits per heavy atom. The van der Waals surface area contributed by atoms with Crippen LogP contribution in [0.5, 0.6) is 0 Å². The highest BCUT2D eigenvalue weighted by molar-refractivity contribution is 7.71. The fraction of sp³-hybridized carbons (Fsp3) is 0.750. The first-order valence-electron chi connectivity index (χ1n) is 6.07. The van der Waals surface area contributed by atoms with Crippen molar-refractivity contribution in [3.05, 3.63) is 16.7 Å². The van der Waals surface area contributed by atoms with Gasteiger partial charge in [0, 0.05) is 31.0 Å². The summed E-state index contributed by atoms with van der Waals surface area (Å²) < 4.78 is 3.04. The van der Waals surface area contributed by atoms with Crippen LogP contribution in [0.15, 0.2) is 6.20 Å². The molecule has 1 heterocycles. The van der Waals surface area contributed by atoms with Gasteiger partial charge >= 0.3 is 0 Å². The van der Waals surface area contributed by atoms with Crippen LogP contribution in [0, 0.1) is 4.77 Å². The number of likely N-dealkylation sites (N-methyl/N-ethyl adjacent to an activating group) is 1.